The Hall–Kier alpha value is -1.31. The minimum absolute atomic E-state index is 1.01. The molecule has 2 heteroatoms. The van der Waals surface area contributed by atoms with Gasteiger partial charge in [-0.2, -0.15) is 5.10 Å². The van der Waals surface area contributed by atoms with Crippen LogP contribution >= 0.6 is 0 Å². The molecule has 0 radical (unpaired) electrons. The summed E-state index contributed by atoms with van der Waals surface area (Å²) in [6.45, 7) is 0. The van der Waals surface area contributed by atoms with Crippen molar-refractivity contribution < 1.29 is 0 Å². The average Bonchev–Trinajstić information content (AvgIpc) is 2.85. The molecule has 1 aliphatic carbocycles. The molecule has 2 nitrogen and oxygen atoms in total. The summed E-state index contributed by atoms with van der Waals surface area (Å²) in [5.41, 5.74) is 2.50. The van der Waals surface area contributed by atoms with E-state index in [9.17, 15) is 0 Å². The highest BCUT2D eigenvalue weighted by molar-refractivity contribution is 5.79. The molecule has 0 heterocycles. The van der Waals surface area contributed by atoms with Gasteiger partial charge in [0.1, 0.15) is 0 Å². The Bertz CT molecular complexity index is 348. The van der Waals surface area contributed by atoms with Gasteiger partial charge in [0.2, 0.25) is 0 Å². The van der Waals surface area contributed by atoms with Crippen LogP contribution in [0, 0.1) is 5.92 Å². The molecule has 2 N–H and O–H groups in total. The van der Waals surface area contributed by atoms with Gasteiger partial charge < -0.3 is 5.84 Å². The first-order chi connectivity index (χ1) is 8.38. The maximum atomic E-state index is 5.12. The third kappa shape index (κ3) is 3.88. The fraction of sp³-hybridized carbons (Fsp3) is 0.533. The molecule has 1 aromatic rings. The highest BCUT2D eigenvalue weighted by atomic mass is 15.1. The second kappa shape index (κ2) is 6.43. The van der Waals surface area contributed by atoms with Gasteiger partial charge in [-0.3, -0.25) is 0 Å². The van der Waals surface area contributed by atoms with E-state index >= 15 is 0 Å². The van der Waals surface area contributed by atoms with Crippen LogP contribution in [-0.2, 0) is 6.42 Å². The van der Waals surface area contributed by atoms with E-state index in [1.54, 1.807) is 6.21 Å². The van der Waals surface area contributed by atoms with Crippen molar-refractivity contribution in [3.63, 3.8) is 0 Å². The van der Waals surface area contributed by atoms with E-state index in [0.29, 0.717) is 0 Å². The second-order valence-electron chi connectivity index (χ2n) is 5.06. The fourth-order valence-electron chi connectivity index (χ4n) is 2.75. The third-order valence-electron chi connectivity index (χ3n) is 3.76. The summed E-state index contributed by atoms with van der Waals surface area (Å²) < 4.78 is 0. The number of rotatable bonds is 5. The number of nitrogens with zero attached hydrogens (tertiary/aromatic N) is 1. The predicted molar refractivity (Wildman–Crippen MR) is 73.1 cm³/mol. The molecule has 1 saturated carbocycles. The van der Waals surface area contributed by atoms with Crippen molar-refractivity contribution in [2.75, 3.05) is 0 Å². The molecule has 0 amide bonds. The molecule has 17 heavy (non-hydrogen) atoms. The summed E-state index contributed by atoms with van der Waals surface area (Å²) in [4.78, 5) is 0. The molecule has 2 rings (SSSR count). The number of hydrazone groups is 1. The van der Waals surface area contributed by atoms with Crippen LogP contribution in [0.2, 0.25) is 0 Å². The Morgan fingerprint density at radius 3 is 2.53 bits per heavy atom. The van der Waals surface area contributed by atoms with Gasteiger partial charge in [-0.25, -0.2) is 0 Å². The van der Waals surface area contributed by atoms with E-state index in [2.05, 4.69) is 29.4 Å². The fourth-order valence-corrected chi connectivity index (χ4v) is 2.75. The smallest absolute Gasteiger partial charge is 0.0538 e. The molecule has 1 aromatic carbocycles. The van der Waals surface area contributed by atoms with Gasteiger partial charge in [0, 0.05) is 0 Å². The first-order valence-corrected chi connectivity index (χ1v) is 6.70. The molecule has 1 fully saturated rings. The van der Waals surface area contributed by atoms with Gasteiger partial charge in [-0.05, 0) is 29.9 Å². The van der Waals surface area contributed by atoms with E-state index < -0.39 is 0 Å². The zero-order valence-electron chi connectivity index (χ0n) is 10.4. The average molecular weight is 230 g/mol. The lowest BCUT2D eigenvalue weighted by molar-refractivity contribution is 0.484. The summed E-state index contributed by atoms with van der Waals surface area (Å²) >= 11 is 0. The number of benzene rings is 1. The van der Waals surface area contributed by atoms with E-state index in [-0.39, 0.29) is 0 Å². The lowest BCUT2D eigenvalue weighted by Gasteiger charge is -2.08. The standard InChI is InChI=1S/C15H22N2/c16-17-12-15-10-8-14(9-11-15)7-3-6-13-4-1-2-5-13/h8-13H,1-7,16H2. The molecular formula is C15H22N2. The molecule has 0 bridgehead atoms. The third-order valence-corrected chi connectivity index (χ3v) is 3.76. The molecule has 92 valence electrons. The van der Waals surface area contributed by atoms with Crippen molar-refractivity contribution in [1.82, 2.24) is 0 Å². The van der Waals surface area contributed by atoms with Crippen LogP contribution in [0.25, 0.3) is 0 Å². The van der Waals surface area contributed by atoms with Gasteiger partial charge in [-0.1, -0.05) is 56.4 Å². The van der Waals surface area contributed by atoms with Crippen LogP contribution in [0.3, 0.4) is 0 Å². The molecule has 0 aliphatic heterocycles. The van der Waals surface area contributed by atoms with E-state index in [1.165, 1.54) is 50.5 Å². The lowest BCUT2D eigenvalue weighted by atomic mass is 9.98. The van der Waals surface area contributed by atoms with Crippen LogP contribution in [0.1, 0.15) is 49.7 Å². The van der Waals surface area contributed by atoms with Crippen LogP contribution in [0.15, 0.2) is 29.4 Å². The number of hydrogen-bond acceptors (Lipinski definition) is 2. The number of nitrogens with two attached hydrogens (primary N) is 1. The molecule has 0 atom stereocenters. The van der Waals surface area contributed by atoms with Crippen molar-refractivity contribution in [2.45, 2.75) is 44.9 Å². The van der Waals surface area contributed by atoms with Crippen LogP contribution < -0.4 is 5.84 Å². The molecule has 0 spiro atoms. The van der Waals surface area contributed by atoms with Crippen LogP contribution in [0.5, 0.6) is 0 Å². The SMILES string of the molecule is NN=Cc1ccc(CCCC2CCCC2)cc1. The topological polar surface area (TPSA) is 38.4 Å². The normalized spacial score (nSPS) is 16.9. The van der Waals surface area contributed by atoms with Gasteiger partial charge in [0.25, 0.3) is 0 Å². The number of aryl methyl sites for hydroxylation is 1. The Balaban J connectivity index is 1.74. The lowest BCUT2D eigenvalue weighted by Crippen LogP contribution is -1.95. The molecule has 0 unspecified atom stereocenters. The first kappa shape index (κ1) is 12.2. The molecule has 0 aromatic heterocycles. The van der Waals surface area contributed by atoms with Gasteiger partial charge in [-0.15, -0.1) is 0 Å². The van der Waals surface area contributed by atoms with Crippen molar-refractivity contribution in [3.05, 3.63) is 35.4 Å². The summed E-state index contributed by atoms with van der Waals surface area (Å²) in [6.07, 6.45) is 11.5. The maximum Gasteiger partial charge on any atom is 0.0538 e. The van der Waals surface area contributed by atoms with Crippen molar-refractivity contribution in [3.8, 4) is 0 Å². The summed E-state index contributed by atoms with van der Waals surface area (Å²) in [5, 5.41) is 3.53. The summed E-state index contributed by atoms with van der Waals surface area (Å²) in [6, 6.07) is 8.54. The zero-order valence-corrected chi connectivity index (χ0v) is 10.4. The Kier molecular flexibility index (Phi) is 4.60. The zero-order chi connectivity index (χ0) is 11.9. The quantitative estimate of drug-likeness (QED) is 0.469. The van der Waals surface area contributed by atoms with Gasteiger partial charge in [0.05, 0.1) is 6.21 Å². The molecule has 0 saturated heterocycles. The highest BCUT2D eigenvalue weighted by Crippen LogP contribution is 2.28. The van der Waals surface area contributed by atoms with Crippen LogP contribution in [0.4, 0.5) is 0 Å². The maximum absolute atomic E-state index is 5.12. The van der Waals surface area contributed by atoms with E-state index in [1.807, 2.05) is 0 Å². The second-order valence-corrected chi connectivity index (χ2v) is 5.06. The van der Waals surface area contributed by atoms with E-state index in [0.717, 1.165) is 11.5 Å². The minimum atomic E-state index is 1.01. The largest absolute Gasteiger partial charge is 0.323 e. The number of hydrogen-bond donors (Lipinski definition) is 1. The Morgan fingerprint density at radius 1 is 1.18 bits per heavy atom. The van der Waals surface area contributed by atoms with Crippen LogP contribution in [-0.4, -0.2) is 6.21 Å². The van der Waals surface area contributed by atoms with E-state index in [4.69, 9.17) is 5.84 Å². The minimum Gasteiger partial charge on any atom is -0.323 e. The van der Waals surface area contributed by atoms with Gasteiger partial charge in [0.15, 0.2) is 0 Å². The highest BCUT2D eigenvalue weighted by Gasteiger charge is 2.13. The molecular weight excluding hydrogens is 208 g/mol. The predicted octanol–water partition coefficient (Wildman–Crippen LogP) is 3.49. The Labute approximate surface area is 104 Å². The summed E-state index contributed by atoms with van der Waals surface area (Å²) in [7, 11) is 0. The van der Waals surface area contributed by atoms with Crippen molar-refractivity contribution >= 4 is 6.21 Å². The molecule has 1 aliphatic rings. The monoisotopic (exact) mass is 230 g/mol. The van der Waals surface area contributed by atoms with Crippen molar-refractivity contribution in [2.24, 2.45) is 16.9 Å². The first-order valence-electron chi connectivity index (χ1n) is 6.70. The van der Waals surface area contributed by atoms with Crippen molar-refractivity contribution in [1.29, 1.82) is 0 Å². The summed E-state index contributed by atoms with van der Waals surface area (Å²) in [5.74, 6) is 6.13. The van der Waals surface area contributed by atoms with Gasteiger partial charge >= 0.3 is 0 Å². The Morgan fingerprint density at radius 2 is 1.88 bits per heavy atom.